The Morgan fingerprint density at radius 1 is 0.492 bits per heavy atom. The van der Waals surface area contributed by atoms with E-state index in [2.05, 4.69) is 117 Å². The Morgan fingerprint density at radius 3 is 1.31 bits per heavy atom. The minimum atomic E-state index is -4.40. The van der Waals surface area contributed by atoms with E-state index >= 15 is 0 Å². The maximum Gasteiger partial charge on any atom is 0.472 e. The van der Waals surface area contributed by atoms with Crippen LogP contribution in [-0.4, -0.2) is 49.3 Å². The SMILES string of the molecule is CC/C=C\C/C=C\C/C=C\C/C=C\C/C=C\CCCC(=O)OC(COC(=O)CCCCCCCCCCCC/C=C\C/C=C\C/C=C\C/C=C\CC)COP(=O)(O)OCCN. The van der Waals surface area contributed by atoms with Crippen molar-refractivity contribution >= 4 is 19.8 Å². The fraction of sp³-hybridized carbons (Fsp3) is 0.608. The number of hydrogen-bond acceptors (Lipinski definition) is 8. The zero-order valence-corrected chi connectivity index (χ0v) is 39.0. The van der Waals surface area contributed by atoms with E-state index < -0.39 is 32.5 Å². The highest BCUT2D eigenvalue weighted by Gasteiger charge is 2.25. The number of carbonyl (C=O) groups excluding carboxylic acids is 2. The van der Waals surface area contributed by atoms with Gasteiger partial charge in [0.25, 0.3) is 0 Å². The smallest absolute Gasteiger partial charge is 0.462 e. The number of carbonyl (C=O) groups is 2. The number of esters is 2. The summed E-state index contributed by atoms with van der Waals surface area (Å²) in [5.41, 5.74) is 5.35. The number of rotatable bonds is 42. The molecule has 0 aromatic heterocycles. The minimum absolute atomic E-state index is 0.0377. The lowest BCUT2D eigenvalue weighted by molar-refractivity contribution is -0.161. The maximum absolute atomic E-state index is 12.6. The molecule has 0 rings (SSSR count). The van der Waals surface area contributed by atoms with Crippen LogP contribution in [0.15, 0.2) is 109 Å². The zero-order valence-electron chi connectivity index (χ0n) is 38.1. The van der Waals surface area contributed by atoms with Crippen LogP contribution in [0.1, 0.15) is 168 Å². The summed E-state index contributed by atoms with van der Waals surface area (Å²) in [6.07, 6.45) is 61.3. The van der Waals surface area contributed by atoms with Crippen LogP contribution < -0.4 is 5.73 Å². The highest BCUT2D eigenvalue weighted by Crippen LogP contribution is 2.43. The number of ether oxygens (including phenoxy) is 2. The summed E-state index contributed by atoms with van der Waals surface area (Å²) in [5.74, 6) is -0.911. The molecule has 0 aliphatic carbocycles. The second kappa shape index (κ2) is 46.2. The minimum Gasteiger partial charge on any atom is -0.462 e. The van der Waals surface area contributed by atoms with Gasteiger partial charge in [0, 0.05) is 19.4 Å². The third kappa shape index (κ3) is 46.0. The Labute approximate surface area is 371 Å². The van der Waals surface area contributed by atoms with Crippen molar-refractivity contribution in [2.45, 2.75) is 174 Å². The van der Waals surface area contributed by atoms with Gasteiger partial charge in [0.15, 0.2) is 6.10 Å². The summed E-state index contributed by atoms with van der Waals surface area (Å²) in [4.78, 5) is 34.9. The van der Waals surface area contributed by atoms with Crippen LogP contribution in [0.2, 0.25) is 0 Å². The van der Waals surface area contributed by atoms with Gasteiger partial charge < -0.3 is 20.1 Å². The zero-order chi connectivity index (χ0) is 44.6. The van der Waals surface area contributed by atoms with Gasteiger partial charge in [-0.05, 0) is 89.9 Å². The lowest BCUT2D eigenvalue weighted by atomic mass is 10.1. The largest absolute Gasteiger partial charge is 0.472 e. The molecule has 2 unspecified atom stereocenters. The first-order valence-corrected chi connectivity index (χ1v) is 24.9. The third-order valence-electron chi connectivity index (χ3n) is 9.15. The average Bonchev–Trinajstić information content (AvgIpc) is 3.25. The average molecular weight is 870 g/mol. The quantitative estimate of drug-likeness (QED) is 0.0266. The first kappa shape index (κ1) is 57.7. The van der Waals surface area contributed by atoms with E-state index in [1.165, 1.54) is 38.5 Å². The molecule has 9 nitrogen and oxygen atoms in total. The van der Waals surface area contributed by atoms with Gasteiger partial charge in [-0.1, -0.05) is 175 Å². The summed E-state index contributed by atoms with van der Waals surface area (Å²) in [7, 11) is -4.40. The molecule has 0 saturated heterocycles. The normalized spacial score (nSPS) is 14.2. The second-order valence-corrected chi connectivity index (χ2v) is 16.3. The van der Waals surface area contributed by atoms with Gasteiger partial charge in [-0.3, -0.25) is 18.6 Å². The molecule has 0 heterocycles. The molecule has 0 aromatic rings. The lowest BCUT2D eigenvalue weighted by Gasteiger charge is -2.19. The molecular weight excluding hydrogens is 786 g/mol. The molecule has 0 radical (unpaired) electrons. The highest BCUT2D eigenvalue weighted by molar-refractivity contribution is 7.47. The molecule has 0 aliphatic heterocycles. The van der Waals surface area contributed by atoms with Crippen molar-refractivity contribution < 1.29 is 37.6 Å². The van der Waals surface area contributed by atoms with Gasteiger partial charge >= 0.3 is 19.8 Å². The Bertz CT molecular complexity index is 1360. The number of unbranched alkanes of at least 4 members (excludes halogenated alkanes) is 11. The third-order valence-corrected chi connectivity index (χ3v) is 10.1. The first-order chi connectivity index (χ1) is 29.8. The lowest BCUT2D eigenvalue weighted by Crippen LogP contribution is -2.29. The number of phosphoric acid groups is 1. The second-order valence-electron chi connectivity index (χ2n) is 14.9. The topological polar surface area (TPSA) is 134 Å². The van der Waals surface area contributed by atoms with Crippen molar-refractivity contribution in [2.24, 2.45) is 5.73 Å². The van der Waals surface area contributed by atoms with E-state index in [0.717, 1.165) is 83.5 Å². The fourth-order valence-corrected chi connectivity index (χ4v) is 6.54. The van der Waals surface area contributed by atoms with Crippen LogP contribution in [-0.2, 0) is 32.7 Å². The van der Waals surface area contributed by atoms with E-state index in [1.807, 2.05) is 6.08 Å². The predicted molar refractivity (Wildman–Crippen MR) is 256 cm³/mol. The molecule has 0 fully saturated rings. The Hall–Kier alpha value is -3.33. The van der Waals surface area contributed by atoms with Crippen LogP contribution in [0.3, 0.4) is 0 Å². The standard InChI is InChI=1S/C51H84NO8P/c1-3-5-7-9-11-13-15-17-19-21-22-23-24-25-26-28-29-31-33-35-37-39-41-43-50(53)57-47-49(48-59-61(55,56)58-46-45-52)60-51(54)44-42-40-38-36-34-32-30-27-20-18-16-14-12-10-8-6-4-2/h5-8,11-14,17-20,22-23,30,32,36,38,49H,3-4,9-10,15-16,21,24-29,31,33-35,37,39-48,52H2,1-2H3,(H,55,56)/b7-5-,8-6-,13-11-,14-12-,19-17-,20-18-,23-22-,32-30-,38-36-. The van der Waals surface area contributed by atoms with E-state index in [1.54, 1.807) is 0 Å². The van der Waals surface area contributed by atoms with Crippen LogP contribution in [0.5, 0.6) is 0 Å². The molecule has 3 N–H and O–H groups in total. The van der Waals surface area contributed by atoms with Gasteiger partial charge in [-0.15, -0.1) is 0 Å². The Kier molecular flexibility index (Phi) is 43.7. The van der Waals surface area contributed by atoms with Crippen molar-refractivity contribution in [1.29, 1.82) is 0 Å². The number of phosphoric ester groups is 1. The molecule has 0 spiro atoms. The van der Waals surface area contributed by atoms with Crippen molar-refractivity contribution in [3.63, 3.8) is 0 Å². The Balaban J connectivity index is 4.19. The van der Waals surface area contributed by atoms with Crippen molar-refractivity contribution in [2.75, 3.05) is 26.4 Å². The van der Waals surface area contributed by atoms with Gasteiger partial charge in [-0.25, -0.2) is 4.57 Å². The molecule has 0 saturated carbocycles. The van der Waals surface area contributed by atoms with Crippen LogP contribution >= 0.6 is 7.82 Å². The molecular formula is C51H84NO8P. The molecule has 61 heavy (non-hydrogen) atoms. The van der Waals surface area contributed by atoms with Crippen LogP contribution in [0.4, 0.5) is 0 Å². The van der Waals surface area contributed by atoms with E-state index in [4.69, 9.17) is 24.3 Å². The summed E-state index contributed by atoms with van der Waals surface area (Å²) in [5, 5.41) is 0. The number of hydrogen-bond donors (Lipinski definition) is 2. The first-order valence-electron chi connectivity index (χ1n) is 23.4. The molecule has 2 atom stereocenters. The van der Waals surface area contributed by atoms with Gasteiger partial charge in [0.1, 0.15) is 6.61 Å². The summed E-state index contributed by atoms with van der Waals surface area (Å²) in [6.45, 7) is 3.42. The molecule has 0 bridgehead atoms. The van der Waals surface area contributed by atoms with Gasteiger partial charge in [-0.2, -0.15) is 0 Å². The number of allylic oxidation sites excluding steroid dienone is 18. The van der Waals surface area contributed by atoms with E-state index in [-0.39, 0.29) is 32.6 Å². The monoisotopic (exact) mass is 870 g/mol. The Morgan fingerprint density at radius 2 is 0.869 bits per heavy atom. The van der Waals surface area contributed by atoms with Crippen molar-refractivity contribution in [3.05, 3.63) is 109 Å². The van der Waals surface area contributed by atoms with E-state index in [9.17, 15) is 19.0 Å². The molecule has 10 heteroatoms. The van der Waals surface area contributed by atoms with Crippen molar-refractivity contribution in [1.82, 2.24) is 0 Å². The van der Waals surface area contributed by atoms with Crippen LogP contribution in [0, 0.1) is 0 Å². The van der Waals surface area contributed by atoms with Gasteiger partial charge in [0.2, 0.25) is 0 Å². The molecule has 0 aromatic carbocycles. The highest BCUT2D eigenvalue weighted by atomic mass is 31.2. The molecule has 0 aliphatic rings. The maximum atomic E-state index is 12.6. The predicted octanol–water partition coefficient (Wildman–Crippen LogP) is 13.9. The van der Waals surface area contributed by atoms with Crippen molar-refractivity contribution in [3.8, 4) is 0 Å². The van der Waals surface area contributed by atoms with Crippen LogP contribution in [0.25, 0.3) is 0 Å². The molecule has 0 amide bonds. The fourth-order valence-electron chi connectivity index (χ4n) is 5.78. The van der Waals surface area contributed by atoms with Gasteiger partial charge in [0.05, 0.1) is 13.2 Å². The molecule has 346 valence electrons. The summed E-state index contributed by atoms with van der Waals surface area (Å²) < 4.78 is 32.8. The van der Waals surface area contributed by atoms with E-state index in [0.29, 0.717) is 19.3 Å². The number of nitrogens with two attached hydrogens (primary N) is 1. The summed E-state index contributed by atoms with van der Waals surface area (Å²) >= 11 is 0. The summed E-state index contributed by atoms with van der Waals surface area (Å²) in [6, 6.07) is 0.